The van der Waals surface area contributed by atoms with Crippen LogP contribution in [-0.4, -0.2) is 123 Å². The molecule has 0 aliphatic carbocycles. The molecule has 0 heterocycles. The molecule has 3 aromatic carbocycles. The van der Waals surface area contributed by atoms with Crippen molar-refractivity contribution in [2.45, 2.75) is 37.8 Å². The number of nitrogens with one attached hydrogen (secondary N) is 3. The summed E-state index contributed by atoms with van der Waals surface area (Å²) in [6.45, 7) is -0.321. The van der Waals surface area contributed by atoms with Crippen molar-refractivity contribution in [3.63, 3.8) is 0 Å². The second-order valence-electron chi connectivity index (χ2n) is 13.1. The van der Waals surface area contributed by atoms with Gasteiger partial charge in [0.05, 0.1) is 19.8 Å². The number of carboxylic acids is 4. The number of aromatic carboxylic acids is 2. The average Bonchev–Trinajstić information content (AvgIpc) is 3.20. The Morgan fingerprint density at radius 1 is 0.590 bits per heavy atom. The van der Waals surface area contributed by atoms with Crippen LogP contribution in [0.4, 0.5) is 0 Å². The van der Waals surface area contributed by atoms with E-state index in [-0.39, 0.29) is 61.6 Å². The van der Waals surface area contributed by atoms with Crippen LogP contribution in [0, 0.1) is 0 Å². The third kappa shape index (κ3) is 16.3. The lowest BCUT2D eigenvalue weighted by Gasteiger charge is -2.23. The molecule has 0 saturated heterocycles. The Labute approximate surface area is 347 Å². The number of nitrogens with two attached hydrogens (primary N) is 1. The van der Waals surface area contributed by atoms with Gasteiger partial charge in [-0.15, -0.1) is 0 Å². The number of carbonyl (C=O) groups excluding carboxylic acids is 4. The molecule has 0 aliphatic rings. The molecular formula is C41H44N4O16. The van der Waals surface area contributed by atoms with E-state index in [0.29, 0.717) is 16.7 Å². The average molecular weight is 849 g/mol. The lowest BCUT2D eigenvalue weighted by atomic mass is 9.99. The quantitative estimate of drug-likeness (QED) is 0.0429. The monoisotopic (exact) mass is 848 g/mol. The van der Waals surface area contributed by atoms with Crippen LogP contribution in [-0.2, 0) is 33.4 Å². The standard InChI is InChI=1S/C41H44N4O16/c42-34(48)22-61-18-17-60-16-15-43-38(54)30(9-13-35(49)50)45-39(55)31(10-14-36(51)52)44-37(53)27-19-23(1-2-24-5-11-32(46)28(20-24)40(56)57)3-7-26(27)8-4-25-6-12-33(47)29(21-25)41(58)59/h1-8,11-12,19-21,30-31,46-47H,9-10,13-18,22H2,(H2,42,48)(H,43,54)(H,44,53)(H,45,55)(H,49,50)(H,51,52)(H,56,57)(H,58,59)/b2-1+,8-4+/t30-,31-/m0/s1. The van der Waals surface area contributed by atoms with Gasteiger partial charge in [-0.25, -0.2) is 9.59 Å². The van der Waals surface area contributed by atoms with Crippen LogP contribution in [0.15, 0.2) is 54.6 Å². The highest BCUT2D eigenvalue weighted by molar-refractivity contribution is 6.02. The van der Waals surface area contributed by atoms with Crippen molar-refractivity contribution >= 4 is 71.8 Å². The van der Waals surface area contributed by atoms with E-state index < -0.39 is 90.4 Å². The van der Waals surface area contributed by atoms with Gasteiger partial charge in [-0.3, -0.25) is 28.8 Å². The van der Waals surface area contributed by atoms with Crippen LogP contribution in [0.3, 0.4) is 0 Å². The van der Waals surface area contributed by atoms with E-state index in [1.807, 2.05) is 0 Å². The molecule has 324 valence electrons. The Kier molecular flexibility index (Phi) is 18.6. The zero-order valence-corrected chi connectivity index (χ0v) is 32.4. The lowest BCUT2D eigenvalue weighted by molar-refractivity contribution is -0.139. The number of primary amides is 1. The Morgan fingerprint density at radius 3 is 1.57 bits per heavy atom. The number of benzene rings is 3. The number of aliphatic carboxylic acids is 2. The fourth-order valence-corrected chi connectivity index (χ4v) is 5.40. The van der Waals surface area contributed by atoms with Gasteiger partial charge in [0.2, 0.25) is 17.7 Å². The highest BCUT2D eigenvalue weighted by atomic mass is 16.5. The summed E-state index contributed by atoms with van der Waals surface area (Å²) in [7, 11) is 0. The first-order chi connectivity index (χ1) is 28.9. The lowest BCUT2D eigenvalue weighted by Crippen LogP contribution is -2.54. The van der Waals surface area contributed by atoms with Gasteiger partial charge in [-0.2, -0.15) is 0 Å². The van der Waals surface area contributed by atoms with E-state index in [4.69, 9.17) is 15.2 Å². The Hall–Kier alpha value is -7.58. The van der Waals surface area contributed by atoms with Crippen molar-refractivity contribution in [1.29, 1.82) is 0 Å². The van der Waals surface area contributed by atoms with Crippen LogP contribution < -0.4 is 21.7 Å². The maximum atomic E-state index is 14.0. The van der Waals surface area contributed by atoms with Gasteiger partial charge in [-0.1, -0.05) is 48.6 Å². The molecule has 61 heavy (non-hydrogen) atoms. The van der Waals surface area contributed by atoms with Gasteiger partial charge in [0, 0.05) is 24.9 Å². The molecule has 11 N–H and O–H groups in total. The topological polar surface area (TPSA) is 339 Å². The van der Waals surface area contributed by atoms with E-state index in [1.165, 1.54) is 72.8 Å². The number of carbonyl (C=O) groups is 8. The molecule has 0 spiro atoms. The predicted molar refractivity (Wildman–Crippen MR) is 215 cm³/mol. The van der Waals surface area contributed by atoms with Crippen molar-refractivity contribution in [2.24, 2.45) is 5.73 Å². The number of hydrogen-bond donors (Lipinski definition) is 10. The summed E-state index contributed by atoms with van der Waals surface area (Å²) in [5.41, 5.74) is 5.44. The molecule has 3 rings (SSSR count). The minimum atomic E-state index is -1.58. The largest absolute Gasteiger partial charge is 0.507 e. The fraction of sp³-hybridized carbons (Fsp3) is 0.268. The van der Waals surface area contributed by atoms with Crippen molar-refractivity contribution in [2.75, 3.05) is 33.0 Å². The van der Waals surface area contributed by atoms with E-state index >= 15 is 0 Å². The normalized spacial score (nSPS) is 12.1. The molecule has 0 fully saturated rings. The summed E-state index contributed by atoms with van der Waals surface area (Å²) in [5.74, 6) is -9.68. The van der Waals surface area contributed by atoms with E-state index in [1.54, 1.807) is 6.07 Å². The zero-order chi connectivity index (χ0) is 45.1. The Bertz CT molecular complexity index is 2180. The Morgan fingerprint density at radius 2 is 1.07 bits per heavy atom. The summed E-state index contributed by atoms with van der Waals surface area (Å²) >= 11 is 0. The van der Waals surface area contributed by atoms with Gasteiger partial charge in [0.1, 0.15) is 41.3 Å². The predicted octanol–water partition coefficient (Wildman–Crippen LogP) is 1.78. The molecule has 0 radical (unpaired) electrons. The number of carboxylic acid groups (broad SMARTS) is 4. The first-order valence-corrected chi connectivity index (χ1v) is 18.3. The van der Waals surface area contributed by atoms with Crippen LogP contribution in [0.1, 0.15) is 79.0 Å². The molecule has 0 unspecified atom stereocenters. The summed E-state index contributed by atoms with van der Waals surface area (Å²) in [6.07, 6.45) is 3.90. The first kappa shape index (κ1) is 47.8. The van der Waals surface area contributed by atoms with Crippen molar-refractivity contribution in [3.8, 4) is 11.5 Å². The Balaban J connectivity index is 1.93. The van der Waals surface area contributed by atoms with Crippen LogP contribution in [0.5, 0.6) is 11.5 Å². The molecule has 2 atom stereocenters. The summed E-state index contributed by atoms with van der Waals surface area (Å²) < 4.78 is 10.2. The molecule has 0 bridgehead atoms. The molecule has 3 aromatic rings. The van der Waals surface area contributed by atoms with Gasteiger partial charge in [0.25, 0.3) is 5.91 Å². The molecule has 0 aromatic heterocycles. The van der Waals surface area contributed by atoms with Gasteiger partial charge < -0.3 is 61.8 Å². The summed E-state index contributed by atoms with van der Waals surface area (Å²) in [5, 5.41) is 64.7. The molecule has 0 saturated carbocycles. The summed E-state index contributed by atoms with van der Waals surface area (Å²) in [6, 6.07) is 9.08. The first-order valence-electron chi connectivity index (χ1n) is 18.3. The zero-order valence-electron chi connectivity index (χ0n) is 32.4. The third-order valence-electron chi connectivity index (χ3n) is 8.46. The minimum Gasteiger partial charge on any atom is -0.507 e. The van der Waals surface area contributed by atoms with Gasteiger partial charge in [-0.05, 0) is 65.4 Å². The third-order valence-corrected chi connectivity index (χ3v) is 8.46. The highest BCUT2D eigenvalue weighted by Gasteiger charge is 2.28. The van der Waals surface area contributed by atoms with E-state index in [9.17, 15) is 69.0 Å². The van der Waals surface area contributed by atoms with Crippen molar-refractivity contribution in [1.82, 2.24) is 16.0 Å². The number of ether oxygens (including phenoxy) is 2. The highest BCUT2D eigenvalue weighted by Crippen LogP contribution is 2.23. The van der Waals surface area contributed by atoms with E-state index in [0.717, 1.165) is 0 Å². The van der Waals surface area contributed by atoms with E-state index in [2.05, 4.69) is 16.0 Å². The number of aromatic hydroxyl groups is 2. The van der Waals surface area contributed by atoms with Crippen molar-refractivity contribution in [3.05, 3.63) is 93.5 Å². The SMILES string of the molecule is NC(=O)COCCOCCNC(=O)[C@H](CCC(=O)O)NC(=O)[C@H](CCC(=O)O)NC(=O)c1cc(/C=C/c2ccc(O)c(C(=O)O)c2)ccc1/C=C/c1ccc(O)c(C(=O)O)c1. The minimum absolute atomic E-state index is 0.0284. The van der Waals surface area contributed by atoms with Gasteiger partial charge in [0.15, 0.2) is 0 Å². The van der Waals surface area contributed by atoms with Crippen LogP contribution in [0.2, 0.25) is 0 Å². The van der Waals surface area contributed by atoms with Gasteiger partial charge >= 0.3 is 23.9 Å². The second-order valence-corrected chi connectivity index (χ2v) is 13.1. The number of phenols is 2. The second kappa shape index (κ2) is 23.7. The number of amides is 4. The molecule has 4 amide bonds. The molecule has 20 nitrogen and oxygen atoms in total. The van der Waals surface area contributed by atoms with Crippen LogP contribution >= 0.6 is 0 Å². The molecule has 20 heteroatoms. The maximum absolute atomic E-state index is 14.0. The molecule has 0 aliphatic heterocycles. The number of hydrogen-bond acceptors (Lipinski definition) is 12. The fourth-order valence-electron chi connectivity index (χ4n) is 5.40. The van der Waals surface area contributed by atoms with Crippen molar-refractivity contribution < 1.29 is 78.5 Å². The van der Waals surface area contributed by atoms with Crippen LogP contribution in [0.25, 0.3) is 24.3 Å². The smallest absolute Gasteiger partial charge is 0.339 e. The maximum Gasteiger partial charge on any atom is 0.339 e. The summed E-state index contributed by atoms with van der Waals surface area (Å²) in [4.78, 5) is 97.6. The molecular weight excluding hydrogens is 804 g/mol. The number of rotatable bonds is 25.